The van der Waals surface area contributed by atoms with E-state index >= 15 is 0 Å². The number of nitrogens with zero attached hydrogens (tertiary/aromatic N) is 2. The standard InChI is InChI=1S/C16H26ClN3O/c1-5-12(6-2)11-20(8-4)16(21)13-9-14(17)19-15(10-13)18-7-3/h9-10,12H,5-8,11H2,1-4H3,(H,18,19). The molecule has 21 heavy (non-hydrogen) atoms. The van der Waals surface area contributed by atoms with E-state index in [1.54, 1.807) is 12.1 Å². The van der Waals surface area contributed by atoms with Crippen LogP contribution >= 0.6 is 11.6 Å². The molecule has 1 amide bonds. The minimum atomic E-state index is 0.0212. The van der Waals surface area contributed by atoms with Crippen LogP contribution in [0.5, 0.6) is 0 Å². The SMILES string of the molecule is CCNc1cc(C(=O)N(CC)CC(CC)CC)cc(Cl)n1. The Bertz CT molecular complexity index is 461. The van der Waals surface area contributed by atoms with Crippen molar-refractivity contribution in [3.8, 4) is 0 Å². The van der Waals surface area contributed by atoms with Gasteiger partial charge in [0, 0.05) is 25.2 Å². The summed E-state index contributed by atoms with van der Waals surface area (Å²) in [6.45, 7) is 10.6. The largest absolute Gasteiger partial charge is 0.370 e. The third-order valence-electron chi connectivity index (χ3n) is 3.70. The van der Waals surface area contributed by atoms with Gasteiger partial charge in [-0.3, -0.25) is 4.79 Å². The molecule has 0 bridgehead atoms. The van der Waals surface area contributed by atoms with Gasteiger partial charge in [-0.05, 0) is 31.9 Å². The van der Waals surface area contributed by atoms with Gasteiger partial charge in [0.2, 0.25) is 0 Å². The summed E-state index contributed by atoms with van der Waals surface area (Å²) >= 11 is 6.02. The van der Waals surface area contributed by atoms with Gasteiger partial charge in [-0.2, -0.15) is 0 Å². The lowest BCUT2D eigenvalue weighted by molar-refractivity contribution is 0.0735. The Morgan fingerprint density at radius 2 is 1.95 bits per heavy atom. The zero-order valence-electron chi connectivity index (χ0n) is 13.4. The van der Waals surface area contributed by atoms with Crippen LogP contribution in [0.15, 0.2) is 12.1 Å². The summed E-state index contributed by atoms with van der Waals surface area (Å²) < 4.78 is 0. The molecule has 0 radical (unpaired) electrons. The summed E-state index contributed by atoms with van der Waals surface area (Å²) in [5.74, 6) is 1.21. The molecule has 1 heterocycles. The van der Waals surface area contributed by atoms with Gasteiger partial charge in [0.15, 0.2) is 0 Å². The van der Waals surface area contributed by atoms with Gasteiger partial charge < -0.3 is 10.2 Å². The van der Waals surface area contributed by atoms with E-state index in [0.717, 1.165) is 25.9 Å². The van der Waals surface area contributed by atoms with Gasteiger partial charge >= 0.3 is 0 Å². The third-order valence-corrected chi connectivity index (χ3v) is 3.89. The molecule has 0 atom stereocenters. The Hall–Kier alpha value is -1.29. The molecule has 1 rings (SSSR count). The number of halogens is 1. The number of carbonyl (C=O) groups excluding carboxylic acids is 1. The van der Waals surface area contributed by atoms with Crippen molar-refractivity contribution in [3.63, 3.8) is 0 Å². The Kier molecular flexibility index (Phi) is 7.51. The fourth-order valence-corrected chi connectivity index (χ4v) is 2.50. The average Bonchev–Trinajstić information content (AvgIpc) is 2.48. The first-order valence-electron chi connectivity index (χ1n) is 7.76. The Balaban J connectivity index is 2.93. The Morgan fingerprint density at radius 1 is 1.29 bits per heavy atom. The van der Waals surface area contributed by atoms with E-state index in [1.165, 1.54) is 0 Å². The molecule has 0 aliphatic heterocycles. The predicted octanol–water partition coefficient (Wildman–Crippen LogP) is 4.07. The maximum absolute atomic E-state index is 12.7. The normalized spacial score (nSPS) is 10.8. The van der Waals surface area contributed by atoms with Crippen molar-refractivity contribution in [1.29, 1.82) is 0 Å². The molecule has 0 spiro atoms. The molecule has 1 N–H and O–H groups in total. The summed E-state index contributed by atoms with van der Waals surface area (Å²) in [5, 5.41) is 3.44. The van der Waals surface area contributed by atoms with Crippen LogP contribution in [-0.4, -0.2) is 35.4 Å². The van der Waals surface area contributed by atoms with Gasteiger partial charge in [-0.1, -0.05) is 38.3 Å². The van der Waals surface area contributed by atoms with Crippen molar-refractivity contribution in [2.75, 3.05) is 25.0 Å². The summed E-state index contributed by atoms with van der Waals surface area (Å²) in [4.78, 5) is 18.7. The van der Waals surface area contributed by atoms with Crippen LogP contribution in [-0.2, 0) is 0 Å². The summed E-state index contributed by atoms with van der Waals surface area (Å²) in [6.07, 6.45) is 2.17. The van der Waals surface area contributed by atoms with Crippen molar-refractivity contribution >= 4 is 23.3 Å². The third kappa shape index (κ3) is 5.20. The highest BCUT2D eigenvalue weighted by atomic mass is 35.5. The fourth-order valence-electron chi connectivity index (χ4n) is 2.29. The van der Waals surface area contributed by atoms with E-state index in [9.17, 15) is 4.79 Å². The summed E-state index contributed by atoms with van der Waals surface area (Å²) in [7, 11) is 0. The van der Waals surface area contributed by atoms with E-state index < -0.39 is 0 Å². The second-order valence-electron chi connectivity index (χ2n) is 5.12. The molecule has 0 fully saturated rings. The lowest BCUT2D eigenvalue weighted by Gasteiger charge is -2.25. The maximum atomic E-state index is 12.7. The number of anilines is 1. The minimum Gasteiger partial charge on any atom is -0.370 e. The van der Waals surface area contributed by atoms with Crippen LogP contribution in [0.2, 0.25) is 5.15 Å². The molecule has 0 aliphatic carbocycles. The van der Waals surface area contributed by atoms with Crippen LogP contribution in [0.1, 0.15) is 50.9 Å². The van der Waals surface area contributed by atoms with Crippen LogP contribution in [0.25, 0.3) is 0 Å². The highest BCUT2D eigenvalue weighted by Crippen LogP contribution is 2.18. The topological polar surface area (TPSA) is 45.2 Å². The van der Waals surface area contributed by atoms with Crippen LogP contribution in [0.4, 0.5) is 5.82 Å². The smallest absolute Gasteiger partial charge is 0.254 e. The number of amides is 1. The van der Waals surface area contributed by atoms with Crippen molar-refractivity contribution in [3.05, 3.63) is 22.8 Å². The molecule has 0 aliphatic rings. The van der Waals surface area contributed by atoms with Gasteiger partial charge in [0.05, 0.1) is 0 Å². The zero-order valence-corrected chi connectivity index (χ0v) is 14.2. The van der Waals surface area contributed by atoms with Crippen LogP contribution in [0, 0.1) is 5.92 Å². The summed E-state index contributed by atoms with van der Waals surface area (Å²) in [6, 6.07) is 3.41. The number of hydrogen-bond acceptors (Lipinski definition) is 3. The molecule has 0 saturated carbocycles. The monoisotopic (exact) mass is 311 g/mol. The van der Waals surface area contributed by atoms with E-state index in [-0.39, 0.29) is 5.91 Å². The second kappa shape index (κ2) is 8.88. The molecule has 0 aromatic carbocycles. The average molecular weight is 312 g/mol. The highest BCUT2D eigenvalue weighted by Gasteiger charge is 2.18. The Labute approximate surface area is 132 Å². The molecule has 1 aromatic rings. The number of hydrogen-bond donors (Lipinski definition) is 1. The maximum Gasteiger partial charge on any atom is 0.254 e. The van der Waals surface area contributed by atoms with Gasteiger partial charge in [-0.15, -0.1) is 0 Å². The van der Waals surface area contributed by atoms with Crippen LogP contribution in [0.3, 0.4) is 0 Å². The van der Waals surface area contributed by atoms with E-state index in [0.29, 0.717) is 29.0 Å². The first-order valence-corrected chi connectivity index (χ1v) is 8.14. The van der Waals surface area contributed by atoms with Crippen molar-refractivity contribution in [2.45, 2.75) is 40.5 Å². The molecule has 1 aromatic heterocycles. The number of nitrogens with one attached hydrogen (secondary N) is 1. The van der Waals surface area contributed by atoms with E-state index in [2.05, 4.69) is 24.1 Å². The van der Waals surface area contributed by atoms with Crippen LogP contribution < -0.4 is 5.32 Å². The number of rotatable bonds is 8. The number of aromatic nitrogens is 1. The fraction of sp³-hybridized carbons (Fsp3) is 0.625. The lowest BCUT2D eigenvalue weighted by atomic mass is 10.0. The van der Waals surface area contributed by atoms with Crippen molar-refractivity contribution < 1.29 is 4.79 Å². The quantitative estimate of drug-likeness (QED) is 0.736. The first kappa shape index (κ1) is 17.8. The zero-order chi connectivity index (χ0) is 15.8. The second-order valence-corrected chi connectivity index (χ2v) is 5.51. The predicted molar refractivity (Wildman–Crippen MR) is 89.1 cm³/mol. The number of pyridine rings is 1. The minimum absolute atomic E-state index is 0.0212. The van der Waals surface area contributed by atoms with Gasteiger partial charge in [-0.25, -0.2) is 4.98 Å². The number of carbonyl (C=O) groups is 1. The van der Waals surface area contributed by atoms with Crippen molar-refractivity contribution in [2.24, 2.45) is 5.92 Å². The van der Waals surface area contributed by atoms with E-state index in [4.69, 9.17) is 11.6 Å². The van der Waals surface area contributed by atoms with E-state index in [1.807, 2.05) is 18.7 Å². The molecule has 0 saturated heterocycles. The lowest BCUT2D eigenvalue weighted by Crippen LogP contribution is -2.35. The molecule has 118 valence electrons. The molecular weight excluding hydrogens is 286 g/mol. The van der Waals surface area contributed by atoms with Gasteiger partial charge in [0.1, 0.15) is 11.0 Å². The molecule has 0 unspecified atom stereocenters. The van der Waals surface area contributed by atoms with Crippen molar-refractivity contribution in [1.82, 2.24) is 9.88 Å². The van der Waals surface area contributed by atoms with Gasteiger partial charge in [0.25, 0.3) is 5.91 Å². The molecule has 4 nitrogen and oxygen atoms in total. The first-order chi connectivity index (χ1) is 10.0. The highest BCUT2D eigenvalue weighted by molar-refractivity contribution is 6.29. The molecule has 5 heteroatoms. The molecular formula is C16H26ClN3O. The summed E-state index contributed by atoms with van der Waals surface area (Å²) in [5.41, 5.74) is 0.596. The Morgan fingerprint density at radius 3 is 2.48 bits per heavy atom.